The van der Waals surface area contributed by atoms with Gasteiger partial charge in [-0.2, -0.15) is 0 Å². The van der Waals surface area contributed by atoms with Gasteiger partial charge in [-0.15, -0.1) is 0 Å². The van der Waals surface area contributed by atoms with Crippen LogP contribution in [0.3, 0.4) is 0 Å². The van der Waals surface area contributed by atoms with Crippen LogP contribution in [0.25, 0.3) is 0 Å². The van der Waals surface area contributed by atoms with Crippen LogP contribution in [0.5, 0.6) is 5.75 Å². The molecule has 0 aliphatic rings. The van der Waals surface area contributed by atoms with Crippen LogP contribution >= 0.6 is 15.9 Å². The molecular formula is C15H23BrO2. The largest absolute Gasteiger partial charge is 0.492 e. The summed E-state index contributed by atoms with van der Waals surface area (Å²) in [6.07, 6.45) is 2.50. The second kappa shape index (κ2) is 7.80. The Kier molecular flexibility index (Phi) is 6.72. The maximum atomic E-state index is 10.2. The molecule has 1 aromatic carbocycles. The Morgan fingerprint density at radius 3 is 2.61 bits per heavy atom. The first-order valence-corrected chi connectivity index (χ1v) is 7.48. The first-order valence-electron chi connectivity index (χ1n) is 6.68. The van der Waals surface area contributed by atoms with Gasteiger partial charge in [0.1, 0.15) is 5.75 Å². The monoisotopic (exact) mass is 314 g/mol. The third-order valence-electron chi connectivity index (χ3n) is 3.12. The van der Waals surface area contributed by atoms with Crippen molar-refractivity contribution in [2.75, 3.05) is 6.61 Å². The van der Waals surface area contributed by atoms with Gasteiger partial charge in [-0.3, -0.25) is 0 Å². The van der Waals surface area contributed by atoms with Crippen molar-refractivity contribution in [2.45, 2.75) is 46.1 Å². The summed E-state index contributed by atoms with van der Waals surface area (Å²) in [5.74, 6) is 1.38. The molecule has 0 aromatic heterocycles. The average molecular weight is 315 g/mol. The quantitative estimate of drug-likeness (QED) is 0.790. The van der Waals surface area contributed by atoms with Gasteiger partial charge < -0.3 is 9.84 Å². The highest BCUT2D eigenvalue weighted by molar-refractivity contribution is 9.10. The Morgan fingerprint density at radius 2 is 2.06 bits per heavy atom. The fourth-order valence-electron chi connectivity index (χ4n) is 1.74. The second-order valence-electron chi connectivity index (χ2n) is 4.80. The van der Waals surface area contributed by atoms with E-state index in [2.05, 4.69) is 36.7 Å². The summed E-state index contributed by atoms with van der Waals surface area (Å²) in [4.78, 5) is 0. The van der Waals surface area contributed by atoms with E-state index in [1.54, 1.807) is 0 Å². The van der Waals surface area contributed by atoms with Gasteiger partial charge in [0.15, 0.2) is 0 Å². The molecule has 0 saturated carbocycles. The van der Waals surface area contributed by atoms with Crippen LogP contribution in [0.4, 0.5) is 0 Å². The molecular weight excluding hydrogens is 292 g/mol. The summed E-state index contributed by atoms with van der Waals surface area (Å²) in [5, 5.41) is 10.2. The topological polar surface area (TPSA) is 29.5 Å². The number of ether oxygens (including phenoxy) is 1. The Bertz CT molecular complexity index is 366. The van der Waals surface area contributed by atoms with E-state index in [-0.39, 0.29) is 0 Å². The standard InChI is InChI=1S/C15H23BrO2/c1-4-8-18-15-7-6-12(10-13(15)16)14(17)9-11(3)5-2/h6-7,10-11,14,17H,4-5,8-9H2,1-3H3. The fourth-order valence-corrected chi connectivity index (χ4v) is 2.25. The number of aliphatic hydroxyl groups excluding tert-OH is 1. The van der Waals surface area contributed by atoms with E-state index in [4.69, 9.17) is 4.74 Å². The Balaban J connectivity index is 2.70. The predicted octanol–water partition coefficient (Wildman–Crippen LogP) is 4.71. The summed E-state index contributed by atoms with van der Waals surface area (Å²) in [5.41, 5.74) is 0.950. The van der Waals surface area contributed by atoms with Gasteiger partial charge in [0.2, 0.25) is 0 Å². The van der Waals surface area contributed by atoms with Crippen molar-refractivity contribution >= 4 is 15.9 Å². The lowest BCUT2D eigenvalue weighted by atomic mass is 9.96. The lowest BCUT2D eigenvalue weighted by Crippen LogP contribution is -2.04. The van der Waals surface area contributed by atoms with Gasteiger partial charge in [-0.1, -0.05) is 33.3 Å². The average Bonchev–Trinajstić information content (AvgIpc) is 2.37. The predicted molar refractivity (Wildman–Crippen MR) is 79.0 cm³/mol. The van der Waals surface area contributed by atoms with Gasteiger partial charge in [0.05, 0.1) is 17.2 Å². The molecule has 2 nitrogen and oxygen atoms in total. The Hall–Kier alpha value is -0.540. The van der Waals surface area contributed by atoms with Gasteiger partial charge in [-0.25, -0.2) is 0 Å². The normalized spacial score (nSPS) is 14.3. The number of rotatable bonds is 7. The van der Waals surface area contributed by atoms with Crippen molar-refractivity contribution < 1.29 is 9.84 Å². The highest BCUT2D eigenvalue weighted by Gasteiger charge is 2.13. The van der Waals surface area contributed by atoms with Crippen molar-refractivity contribution in [3.63, 3.8) is 0 Å². The first-order chi connectivity index (χ1) is 8.58. The van der Waals surface area contributed by atoms with Crippen molar-refractivity contribution in [3.05, 3.63) is 28.2 Å². The molecule has 0 heterocycles. The number of hydrogen-bond acceptors (Lipinski definition) is 2. The van der Waals surface area contributed by atoms with E-state index in [0.29, 0.717) is 12.5 Å². The SMILES string of the molecule is CCCOc1ccc(C(O)CC(C)CC)cc1Br. The van der Waals surface area contributed by atoms with Crippen molar-refractivity contribution in [3.8, 4) is 5.75 Å². The van der Waals surface area contributed by atoms with E-state index in [0.717, 1.165) is 35.0 Å². The van der Waals surface area contributed by atoms with E-state index in [9.17, 15) is 5.11 Å². The number of halogens is 1. The number of hydrogen-bond donors (Lipinski definition) is 1. The molecule has 0 bridgehead atoms. The minimum Gasteiger partial charge on any atom is -0.492 e. The minimum atomic E-state index is -0.392. The fraction of sp³-hybridized carbons (Fsp3) is 0.600. The van der Waals surface area contributed by atoms with Crippen LogP contribution in [0.2, 0.25) is 0 Å². The summed E-state index contributed by atoms with van der Waals surface area (Å²) in [7, 11) is 0. The molecule has 0 radical (unpaired) electrons. The molecule has 102 valence electrons. The van der Waals surface area contributed by atoms with E-state index >= 15 is 0 Å². The molecule has 1 rings (SSSR count). The maximum Gasteiger partial charge on any atom is 0.133 e. The van der Waals surface area contributed by atoms with Crippen molar-refractivity contribution in [1.82, 2.24) is 0 Å². The van der Waals surface area contributed by atoms with Crippen LogP contribution < -0.4 is 4.74 Å². The highest BCUT2D eigenvalue weighted by Crippen LogP contribution is 2.31. The molecule has 0 amide bonds. The van der Waals surface area contributed by atoms with Crippen LogP contribution in [0, 0.1) is 5.92 Å². The summed E-state index contributed by atoms with van der Waals surface area (Å²) < 4.78 is 6.51. The van der Waals surface area contributed by atoms with Crippen molar-refractivity contribution in [1.29, 1.82) is 0 Å². The maximum absolute atomic E-state index is 10.2. The Labute approximate surface area is 118 Å². The highest BCUT2D eigenvalue weighted by atomic mass is 79.9. The third-order valence-corrected chi connectivity index (χ3v) is 3.74. The first kappa shape index (κ1) is 15.5. The van der Waals surface area contributed by atoms with Crippen molar-refractivity contribution in [2.24, 2.45) is 5.92 Å². The molecule has 1 N–H and O–H groups in total. The molecule has 2 atom stereocenters. The van der Waals surface area contributed by atoms with E-state index in [1.165, 1.54) is 0 Å². The summed E-state index contributed by atoms with van der Waals surface area (Å²) in [6, 6.07) is 5.83. The molecule has 2 unspecified atom stereocenters. The van der Waals surface area contributed by atoms with E-state index < -0.39 is 6.10 Å². The number of benzene rings is 1. The van der Waals surface area contributed by atoms with Gasteiger partial charge in [-0.05, 0) is 52.4 Å². The van der Waals surface area contributed by atoms with Gasteiger partial charge >= 0.3 is 0 Å². The molecule has 0 spiro atoms. The minimum absolute atomic E-state index is 0.392. The van der Waals surface area contributed by atoms with E-state index in [1.807, 2.05) is 18.2 Å². The van der Waals surface area contributed by atoms with Crippen LogP contribution in [0.15, 0.2) is 22.7 Å². The van der Waals surface area contributed by atoms with Gasteiger partial charge in [0, 0.05) is 0 Å². The molecule has 0 saturated heterocycles. The molecule has 1 aromatic rings. The zero-order valence-electron chi connectivity index (χ0n) is 11.4. The zero-order chi connectivity index (χ0) is 13.5. The molecule has 3 heteroatoms. The van der Waals surface area contributed by atoms with Crippen LogP contribution in [-0.2, 0) is 0 Å². The number of aliphatic hydroxyl groups is 1. The lowest BCUT2D eigenvalue weighted by molar-refractivity contribution is 0.146. The van der Waals surface area contributed by atoms with Gasteiger partial charge in [0.25, 0.3) is 0 Å². The summed E-state index contributed by atoms with van der Waals surface area (Å²) >= 11 is 3.49. The molecule has 0 fully saturated rings. The molecule has 18 heavy (non-hydrogen) atoms. The smallest absolute Gasteiger partial charge is 0.133 e. The summed E-state index contributed by atoms with van der Waals surface area (Å²) in [6.45, 7) is 7.11. The molecule has 0 aliphatic heterocycles. The second-order valence-corrected chi connectivity index (χ2v) is 5.66. The van der Waals surface area contributed by atoms with Crippen LogP contribution in [-0.4, -0.2) is 11.7 Å². The van der Waals surface area contributed by atoms with Crippen LogP contribution in [0.1, 0.15) is 51.7 Å². The zero-order valence-corrected chi connectivity index (χ0v) is 13.0. The molecule has 0 aliphatic carbocycles. The third kappa shape index (κ3) is 4.62. The lowest BCUT2D eigenvalue weighted by Gasteiger charge is -2.16. The Morgan fingerprint density at radius 1 is 1.33 bits per heavy atom.